The van der Waals surface area contributed by atoms with Crippen molar-refractivity contribution in [3.05, 3.63) is 58.1 Å². The highest BCUT2D eigenvalue weighted by atomic mass is 35.5. The maximum absolute atomic E-state index is 12.1. The summed E-state index contributed by atoms with van der Waals surface area (Å²) >= 11 is 13.2. The Morgan fingerprint density at radius 3 is 2.65 bits per heavy atom. The number of halogens is 2. The molecule has 2 aromatic rings. The number of rotatable bonds is 5. The molecule has 0 unspecified atom stereocenters. The van der Waals surface area contributed by atoms with Gasteiger partial charge in [-0.2, -0.15) is 0 Å². The summed E-state index contributed by atoms with van der Waals surface area (Å²) in [7, 11) is 1.62. The predicted octanol–water partition coefficient (Wildman–Crippen LogP) is 4.98. The summed E-state index contributed by atoms with van der Waals surface area (Å²) in [6, 6.07) is 12.5. The molecule has 0 amide bonds. The number of ketones is 1. The fourth-order valence-electron chi connectivity index (χ4n) is 1.59. The molecule has 20 heavy (non-hydrogen) atoms. The lowest BCUT2D eigenvalue weighted by Gasteiger charge is -2.05. The molecule has 2 rings (SSSR count). The minimum absolute atomic E-state index is 0.0105. The molecule has 2 aromatic carbocycles. The maximum atomic E-state index is 12.1. The summed E-state index contributed by atoms with van der Waals surface area (Å²) in [4.78, 5) is 13.1. The van der Waals surface area contributed by atoms with Crippen molar-refractivity contribution in [3.8, 4) is 5.75 Å². The molecule has 0 aromatic heterocycles. The average molecular weight is 327 g/mol. The van der Waals surface area contributed by atoms with E-state index in [0.29, 0.717) is 21.4 Å². The minimum Gasteiger partial charge on any atom is -0.497 e. The van der Waals surface area contributed by atoms with Gasteiger partial charge in [-0.25, -0.2) is 0 Å². The molecule has 5 heteroatoms. The maximum Gasteiger partial charge on any atom is 0.173 e. The number of carbonyl (C=O) groups excluding carboxylic acids is 1. The SMILES string of the molecule is COc1cccc(SCC(=O)c2ccc(Cl)c(Cl)c2)c1. The molecule has 0 N–H and O–H groups in total. The van der Waals surface area contributed by atoms with Crippen molar-refractivity contribution in [3.63, 3.8) is 0 Å². The average Bonchev–Trinajstić information content (AvgIpc) is 2.47. The fraction of sp³-hybridized carbons (Fsp3) is 0.133. The van der Waals surface area contributed by atoms with Gasteiger partial charge in [-0.1, -0.05) is 29.3 Å². The molecule has 0 radical (unpaired) electrons. The topological polar surface area (TPSA) is 26.3 Å². The highest BCUT2D eigenvalue weighted by Crippen LogP contribution is 2.26. The molecule has 0 aliphatic heterocycles. The van der Waals surface area contributed by atoms with Gasteiger partial charge in [-0.05, 0) is 36.4 Å². The molecule has 0 aliphatic rings. The molecule has 0 saturated heterocycles. The highest BCUT2D eigenvalue weighted by molar-refractivity contribution is 8.00. The molecule has 0 atom stereocenters. The van der Waals surface area contributed by atoms with Crippen LogP contribution in [0.5, 0.6) is 5.75 Å². The highest BCUT2D eigenvalue weighted by Gasteiger charge is 2.09. The summed E-state index contributed by atoms with van der Waals surface area (Å²) in [5.41, 5.74) is 0.565. The third kappa shape index (κ3) is 3.92. The van der Waals surface area contributed by atoms with Crippen LogP contribution in [0, 0.1) is 0 Å². The predicted molar refractivity (Wildman–Crippen MR) is 84.5 cm³/mol. The Balaban J connectivity index is 2.02. The van der Waals surface area contributed by atoms with Crippen molar-refractivity contribution in [2.24, 2.45) is 0 Å². The molecule has 0 saturated carbocycles. The summed E-state index contributed by atoms with van der Waals surface area (Å²) in [5.74, 6) is 1.12. The van der Waals surface area contributed by atoms with E-state index in [1.807, 2.05) is 24.3 Å². The molecule has 0 aliphatic carbocycles. The number of hydrogen-bond acceptors (Lipinski definition) is 3. The van der Waals surface area contributed by atoms with E-state index in [4.69, 9.17) is 27.9 Å². The van der Waals surface area contributed by atoms with Gasteiger partial charge in [0.1, 0.15) is 5.75 Å². The van der Waals surface area contributed by atoms with Crippen LogP contribution in [0.25, 0.3) is 0 Å². The van der Waals surface area contributed by atoms with E-state index in [0.717, 1.165) is 10.6 Å². The summed E-state index contributed by atoms with van der Waals surface area (Å²) < 4.78 is 5.14. The van der Waals surface area contributed by atoms with Gasteiger partial charge >= 0.3 is 0 Å². The molecule has 0 fully saturated rings. The van der Waals surface area contributed by atoms with Crippen molar-refractivity contribution < 1.29 is 9.53 Å². The Labute approximate surface area is 132 Å². The van der Waals surface area contributed by atoms with E-state index in [9.17, 15) is 4.79 Å². The molecule has 2 nitrogen and oxygen atoms in total. The number of carbonyl (C=O) groups is 1. The third-order valence-corrected chi connectivity index (χ3v) is 4.39. The summed E-state index contributed by atoms with van der Waals surface area (Å²) in [6.07, 6.45) is 0. The van der Waals surface area contributed by atoms with Crippen molar-refractivity contribution in [2.75, 3.05) is 12.9 Å². The van der Waals surface area contributed by atoms with E-state index in [-0.39, 0.29) is 5.78 Å². The molecule has 0 heterocycles. The second-order valence-electron chi connectivity index (χ2n) is 4.02. The number of benzene rings is 2. The first kappa shape index (κ1) is 15.2. The largest absolute Gasteiger partial charge is 0.497 e. The minimum atomic E-state index is 0.0105. The van der Waals surface area contributed by atoms with E-state index < -0.39 is 0 Å². The van der Waals surface area contributed by atoms with Crippen molar-refractivity contribution in [2.45, 2.75) is 4.90 Å². The zero-order valence-corrected chi connectivity index (χ0v) is 13.1. The Bertz CT molecular complexity index is 629. The number of methoxy groups -OCH3 is 1. The van der Waals surface area contributed by atoms with Crippen LogP contribution in [-0.4, -0.2) is 18.6 Å². The van der Waals surface area contributed by atoms with Crippen LogP contribution in [0.3, 0.4) is 0 Å². The van der Waals surface area contributed by atoms with Gasteiger partial charge < -0.3 is 4.74 Å². The van der Waals surface area contributed by atoms with Gasteiger partial charge in [0.05, 0.1) is 22.9 Å². The smallest absolute Gasteiger partial charge is 0.173 e. The first-order chi connectivity index (χ1) is 9.60. The van der Waals surface area contributed by atoms with Gasteiger partial charge in [-0.3, -0.25) is 4.79 Å². The lowest BCUT2D eigenvalue weighted by atomic mass is 10.1. The Kier molecular flexibility index (Phi) is 5.35. The van der Waals surface area contributed by atoms with Crippen LogP contribution in [0.15, 0.2) is 47.4 Å². The van der Waals surface area contributed by atoms with Gasteiger partial charge in [0.2, 0.25) is 0 Å². The summed E-state index contributed by atoms with van der Waals surface area (Å²) in [6.45, 7) is 0. The van der Waals surface area contributed by atoms with Gasteiger partial charge in [0.15, 0.2) is 5.78 Å². The van der Waals surface area contributed by atoms with Gasteiger partial charge in [0.25, 0.3) is 0 Å². The molecule has 0 bridgehead atoms. The summed E-state index contributed by atoms with van der Waals surface area (Å²) in [5, 5.41) is 0.840. The zero-order valence-electron chi connectivity index (χ0n) is 10.7. The van der Waals surface area contributed by atoms with E-state index >= 15 is 0 Å². The van der Waals surface area contributed by atoms with Gasteiger partial charge in [-0.15, -0.1) is 11.8 Å². The van der Waals surface area contributed by atoms with Gasteiger partial charge in [0, 0.05) is 10.5 Å². The molecule has 104 valence electrons. The molecular formula is C15H12Cl2O2S. The standard InChI is InChI=1S/C15H12Cl2O2S/c1-19-11-3-2-4-12(8-11)20-9-15(18)10-5-6-13(16)14(17)7-10/h2-8H,9H2,1H3. The molecular weight excluding hydrogens is 315 g/mol. The van der Waals surface area contributed by atoms with E-state index in [2.05, 4.69) is 0 Å². The number of ether oxygens (including phenoxy) is 1. The normalized spacial score (nSPS) is 10.3. The monoisotopic (exact) mass is 326 g/mol. The van der Waals surface area contributed by atoms with E-state index in [1.54, 1.807) is 25.3 Å². The quantitative estimate of drug-likeness (QED) is 0.572. The first-order valence-corrected chi connectivity index (χ1v) is 7.59. The second-order valence-corrected chi connectivity index (χ2v) is 5.88. The molecule has 0 spiro atoms. The van der Waals surface area contributed by atoms with Crippen LogP contribution in [-0.2, 0) is 0 Å². The lowest BCUT2D eigenvalue weighted by molar-refractivity contribution is 0.102. The van der Waals surface area contributed by atoms with Crippen LogP contribution >= 0.6 is 35.0 Å². The van der Waals surface area contributed by atoms with Crippen LogP contribution in [0.4, 0.5) is 0 Å². The number of thioether (sulfide) groups is 1. The van der Waals surface area contributed by atoms with Crippen molar-refractivity contribution in [1.29, 1.82) is 0 Å². The van der Waals surface area contributed by atoms with E-state index in [1.165, 1.54) is 11.8 Å². The van der Waals surface area contributed by atoms with Crippen molar-refractivity contribution >= 4 is 40.7 Å². The zero-order chi connectivity index (χ0) is 14.5. The fourth-order valence-corrected chi connectivity index (χ4v) is 2.73. The second kappa shape index (κ2) is 7.02. The van der Waals surface area contributed by atoms with Crippen LogP contribution in [0.2, 0.25) is 10.0 Å². The Hall–Kier alpha value is -1.16. The van der Waals surface area contributed by atoms with Crippen molar-refractivity contribution in [1.82, 2.24) is 0 Å². The Morgan fingerprint density at radius 2 is 1.95 bits per heavy atom. The number of Topliss-reactive ketones (excluding diaryl/α,β-unsaturated/α-hetero) is 1. The first-order valence-electron chi connectivity index (χ1n) is 5.85. The van der Waals surface area contributed by atoms with Crippen LogP contribution < -0.4 is 4.74 Å². The van der Waals surface area contributed by atoms with Crippen LogP contribution in [0.1, 0.15) is 10.4 Å². The Morgan fingerprint density at radius 1 is 1.15 bits per heavy atom. The third-order valence-electron chi connectivity index (χ3n) is 2.65. The number of hydrogen-bond donors (Lipinski definition) is 0. The lowest BCUT2D eigenvalue weighted by Crippen LogP contribution is -2.02.